The number of anilines is 1. The number of nitrogen functional groups attached to an aromatic ring is 1. The average molecular weight is 394 g/mol. The first-order valence-corrected chi connectivity index (χ1v) is 8.51. The Morgan fingerprint density at radius 3 is 2.79 bits per heavy atom. The number of nitrogens with zero attached hydrogens (tertiary/aromatic N) is 5. The van der Waals surface area contributed by atoms with Crippen LogP contribution in [0.2, 0.25) is 0 Å². The molecule has 0 saturated carbocycles. The van der Waals surface area contributed by atoms with Crippen LogP contribution < -0.4 is 15.2 Å². The molecule has 0 aliphatic carbocycles. The Bertz CT molecular complexity index is 1240. The molecule has 2 N–H and O–H groups in total. The van der Waals surface area contributed by atoms with Crippen molar-refractivity contribution in [2.24, 2.45) is 0 Å². The van der Waals surface area contributed by atoms with Crippen molar-refractivity contribution in [2.45, 2.75) is 0 Å². The number of benzene rings is 2. The molecule has 0 bridgehead atoms. The van der Waals surface area contributed by atoms with E-state index < -0.39 is 11.6 Å². The molecule has 0 unspecified atom stereocenters. The Kier molecular flexibility index (Phi) is 3.83. The van der Waals surface area contributed by atoms with Gasteiger partial charge in [0, 0.05) is 17.3 Å². The number of tetrazole rings is 1. The van der Waals surface area contributed by atoms with Crippen LogP contribution in [0, 0.1) is 11.6 Å². The summed E-state index contributed by atoms with van der Waals surface area (Å²) in [6.45, 7) is 0.124. The Morgan fingerprint density at radius 2 is 1.90 bits per heavy atom. The van der Waals surface area contributed by atoms with Gasteiger partial charge in [-0.3, -0.25) is 0 Å². The highest BCUT2D eigenvalue weighted by Crippen LogP contribution is 2.42. The third kappa shape index (κ3) is 2.73. The fourth-order valence-electron chi connectivity index (χ4n) is 3.13. The Balaban J connectivity index is 1.66. The monoisotopic (exact) mass is 394 g/mol. The molecule has 5 rings (SSSR count). The smallest absolute Gasteiger partial charge is 0.231 e. The molecule has 0 spiro atoms. The maximum Gasteiger partial charge on any atom is 0.231 e. The summed E-state index contributed by atoms with van der Waals surface area (Å²) in [5.41, 5.74) is 7.66. The number of hydrogen-bond acceptors (Lipinski definition) is 7. The first kappa shape index (κ1) is 17.0. The van der Waals surface area contributed by atoms with Gasteiger partial charge in [-0.25, -0.2) is 13.8 Å². The Hall–Kier alpha value is -4.08. The van der Waals surface area contributed by atoms with E-state index in [2.05, 4.69) is 20.5 Å². The summed E-state index contributed by atoms with van der Waals surface area (Å²) in [5, 5.41) is 11.3. The minimum absolute atomic E-state index is 0.117. The summed E-state index contributed by atoms with van der Waals surface area (Å²) in [6, 6.07) is 10.9. The Labute approximate surface area is 162 Å². The molecule has 29 heavy (non-hydrogen) atoms. The van der Waals surface area contributed by atoms with E-state index in [1.165, 1.54) is 12.1 Å². The number of aromatic nitrogens is 5. The summed E-state index contributed by atoms with van der Waals surface area (Å²) in [4.78, 5) is 4.22. The molecule has 2 aromatic heterocycles. The second-order valence-electron chi connectivity index (χ2n) is 6.18. The zero-order valence-corrected chi connectivity index (χ0v) is 14.7. The van der Waals surface area contributed by atoms with Crippen LogP contribution in [0.15, 0.2) is 48.7 Å². The maximum absolute atomic E-state index is 14.3. The second-order valence-corrected chi connectivity index (χ2v) is 6.18. The molecule has 4 aromatic rings. The number of nitrogens with two attached hydrogens (primary N) is 1. The predicted molar refractivity (Wildman–Crippen MR) is 98.3 cm³/mol. The van der Waals surface area contributed by atoms with Crippen molar-refractivity contribution >= 4 is 5.82 Å². The number of ether oxygens (including phenoxy) is 2. The van der Waals surface area contributed by atoms with Crippen molar-refractivity contribution in [1.82, 2.24) is 25.2 Å². The van der Waals surface area contributed by atoms with Crippen molar-refractivity contribution in [3.8, 4) is 39.7 Å². The van der Waals surface area contributed by atoms with Crippen molar-refractivity contribution < 1.29 is 18.3 Å². The maximum atomic E-state index is 14.3. The first-order valence-electron chi connectivity index (χ1n) is 8.51. The minimum Gasteiger partial charge on any atom is -0.454 e. The highest BCUT2D eigenvalue weighted by Gasteiger charge is 2.22. The molecule has 144 valence electrons. The van der Waals surface area contributed by atoms with E-state index in [0.29, 0.717) is 22.6 Å². The molecule has 8 nitrogen and oxygen atoms in total. The van der Waals surface area contributed by atoms with E-state index in [9.17, 15) is 8.78 Å². The van der Waals surface area contributed by atoms with E-state index in [1.54, 1.807) is 18.3 Å². The zero-order chi connectivity index (χ0) is 20.0. The van der Waals surface area contributed by atoms with Crippen LogP contribution in [-0.4, -0.2) is 32.0 Å². The third-order valence-corrected chi connectivity index (χ3v) is 4.50. The van der Waals surface area contributed by atoms with Gasteiger partial charge in [0.05, 0.1) is 5.56 Å². The molecule has 0 radical (unpaired) electrons. The highest BCUT2D eigenvalue weighted by atomic mass is 19.2. The SMILES string of the molecule is Nc1ncc(-c2cccc3c2OCO3)cc1-c1nnnn1-c1cccc(F)c1F. The summed E-state index contributed by atoms with van der Waals surface area (Å²) >= 11 is 0. The van der Waals surface area contributed by atoms with Gasteiger partial charge < -0.3 is 15.2 Å². The van der Waals surface area contributed by atoms with Crippen LogP contribution in [0.25, 0.3) is 28.2 Å². The van der Waals surface area contributed by atoms with E-state index >= 15 is 0 Å². The molecule has 3 heterocycles. The summed E-state index contributed by atoms with van der Waals surface area (Å²) in [7, 11) is 0. The third-order valence-electron chi connectivity index (χ3n) is 4.50. The van der Waals surface area contributed by atoms with Gasteiger partial charge in [0.15, 0.2) is 29.0 Å². The minimum atomic E-state index is -1.07. The largest absolute Gasteiger partial charge is 0.454 e. The van der Waals surface area contributed by atoms with E-state index in [-0.39, 0.29) is 24.1 Å². The number of rotatable bonds is 3. The molecule has 0 fully saturated rings. The molecule has 1 aliphatic heterocycles. The van der Waals surface area contributed by atoms with Gasteiger partial charge in [-0.05, 0) is 34.7 Å². The van der Waals surface area contributed by atoms with Crippen molar-refractivity contribution in [3.05, 3.63) is 60.3 Å². The fraction of sp³-hybridized carbons (Fsp3) is 0.0526. The number of hydrogen-bond donors (Lipinski definition) is 1. The number of halogens is 2. The molecule has 0 amide bonds. The molecule has 10 heteroatoms. The number of para-hydroxylation sites is 1. The van der Waals surface area contributed by atoms with Crippen LogP contribution in [-0.2, 0) is 0 Å². The molecule has 1 aliphatic rings. The van der Waals surface area contributed by atoms with E-state index in [0.717, 1.165) is 16.3 Å². The van der Waals surface area contributed by atoms with Crippen LogP contribution in [0.5, 0.6) is 11.5 Å². The average Bonchev–Trinajstić information content (AvgIpc) is 3.40. The van der Waals surface area contributed by atoms with Gasteiger partial charge in [-0.1, -0.05) is 18.2 Å². The standard InChI is InChI=1S/C19H12F2N6O2/c20-13-4-2-5-14(16(13)21)27-19(24-25-26-27)12-7-10(8-23-18(12)22)11-3-1-6-15-17(11)29-9-28-15/h1-8H,9H2,(H2,22,23). The van der Waals surface area contributed by atoms with Gasteiger partial charge in [-0.15, -0.1) is 5.10 Å². The quantitative estimate of drug-likeness (QED) is 0.570. The van der Waals surface area contributed by atoms with E-state index in [1.807, 2.05) is 12.1 Å². The van der Waals surface area contributed by atoms with E-state index in [4.69, 9.17) is 15.2 Å². The van der Waals surface area contributed by atoms with Gasteiger partial charge in [0.1, 0.15) is 11.5 Å². The normalized spacial score (nSPS) is 12.3. The summed E-state index contributed by atoms with van der Waals surface area (Å²) in [5.74, 6) is -0.637. The van der Waals surface area contributed by atoms with Crippen LogP contribution >= 0.6 is 0 Å². The van der Waals surface area contributed by atoms with Crippen LogP contribution in [0.4, 0.5) is 14.6 Å². The van der Waals surface area contributed by atoms with Crippen molar-refractivity contribution in [1.29, 1.82) is 0 Å². The summed E-state index contributed by atoms with van der Waals surface area (Å²) in [6.07, 6.45) is 1.58. The molecule has 0 atom stereocenters. The zero-order valence-electron chi connectivity index (χ0n) is 14.7. The number of pyridine rings is 1. The summed E-state index contributed by atoms with van der Waals surface area (Å²) < 4.78 is 40.0. The molecule has 2 aromatic carbocycles. The second kappa shape index (κ2) is 6.51. The van der Waals surface area contributed by atoms with Gasteiger partial charge in [-0.2, -0.15) is 4.68 Å². The topological polar surface area (TPSA) is 101 Å². The van der Waals surface area contributed by atoms with Gasteiger partial charge in [0.2, 0.25) is 6.79 Å². The molecular formula is C19H12F2N6O2. The predicted octanol–water partition coefficient (Wildman–Crippen LogP) is 2.98. The number of fused-ring (bicyclic) bond motifs is 1. The fourth-order valence-corrected chi connectivity index (χ4v) is 3.13. The lowest BCUT2D eigenvalue weighted by Gasteiger charge is -2.10. The highest BCUT2D eigenvalue weighted by molar-refractivity contribution is 5.80. The lowest BCUT2D eigenvalue weighted by molar-refractivity contribution is 0.174. The van der Waals surface area contributed by atoms with Gasteiger partial charge >= 0.3 is 0 Å². The molecular weight excluding hydrogens is 382 g/mol. The lowest BCUT2D eigenvalue weighted by Crippen LogP contribution is -2.06. The van der Waals surface area contributed by atoms with Crippen LogP contribution in [0.1, 0.15) is 0 Å². The van der Waals surface area contributed by atoms with Gasteiger partial charge in [0.25, 0.3) is 0 Å². The lowest BCUT2D eigenvalue weighted by atomic mass is 10.0. The Morgan fingerprint density at radius 1 is 1.03 bits per heavy atom. The van der Waals surface area contributed by atoms with Crippen LogP contribution in [0.3, 0.4) is 0 Å². The molecule has 0 saturated heterocycles. The van der Waals surface area contributed by atoms with Crippen molar-refractivity contribution in [3.63, 3.8) is 0 Å². The first-order chi connectivity index (χ1) is 14.1. The van der Waals surface area contributed by atoms with Crippen molar-refractivity contribution in [2.75, 3.05) is 12.5 Å².